The minimum absolute atomic E-state index is 0.274. The zero-order valence-electron chi connectivity index (χ0n) is 17.5. The van der Waals surface area contributed by atoms with Crippen LogP contribution >= 0.6 is 0 Å². The summed E-state index contributed by atoms with van der Waals surface area (Å²) in [4.78, 5) is 28.1. The second-order valence-corrected chi connectivity index (χ2v) is 6.94. The van der Waals surface area contributed by atoms with Crippen molar-refractivity contribution in [1.29, 1.82) is 0 Å². The van der Waals surface area contributed by atoms with E-state index in [1.807, 2.05) is 24.0 Å². The van der Waals surface area contributed by atoms with Gasteiger partial charge in [0.25, 0.3) is 0 Å². The minimum Gasteiger partial charge on any atom is -0.405 e. The van der Waals surface area contributed by atoms with Crippen molar-refractivity contribution in [2.24, 2.45) is 10.7 Å². The highest BCUT2D eigenvalue weighted by Crippen LogP contribution is 2.23. The summed E-state index contributed by atoms with van der Waals surface area (Å²) in [5, 5.41) is 5.40. The molecule has 1 saturated heterocycles. The summed E-state index contributed by atoms with van der Waals surface area (Å²) in [6.45, 7) is 6.06. The Kier molecular flexibility index (Phi) is 7.88. The van der Waals surface area contributed by atoms with Crippen LogP contribution in [0.25, 0.3) is 0 Å². The predicted octanol–water partition coefficient (Wildman–Crippen LogP) is 2.25. The van der Waals surface area contributed by atoms with Crippen LogP contribution in [0.2, 0.25) is 0 Å². The Hall–Kier alpha value is -3.53. The summed E-state index contributed by atoms with van der Waals surface area (Å²) in [6, 6.07) is 6.91. The maximum Gasteiger partial charge on any atom is 0.320 e. The summed E-state index contributed by atoms with van der Waals surface area (Å²) >= 11 is 0. The van der Waals surface area contributed by atoms with Crippen LogP contribution in [0.3, 0.4) is 0 Å². The Bertz CT molecular complexity index is 941. The highest BCUT2D eigenvalue weighted by Gasteiger charge is 2.20. The van der Waals surface area contributed by atoms with Crippen LogP contribution in [-0.2, 0) is 6.54 Å². The van der Waals surface area contributed by atoms with Gasteiger partial charge in [0.05, 0.1) is 5.69 Å². The number of allylic oxidation sites excluding steroid dienone is 1. The van der Waals surface area contributed by atoms with Crippen LogP contribution in [-0.4, -0.2) is 59.8 Å². The van der Waals surface area contributed by atoms with E-state index in [1.165, 1.54) is 12.4 Å². The van der Waals surface area contributed by atoms with Gasteiger partial charge in [0.1, 0.15) is 5.82 Å². The third kappa shape index (κ3) is 6.48. The molecule has 0 spiro atoms. The fourth-order valence-corrected chi connectivity index (χ4v) is 3.26. The number of pyridine rings is 2. The Balaban J connectivity index is 1.55. The molecule has 31 heavy (non-hydrogen) atoms. The average molecular weight is 427 g/mol. The summed E-state index contributed by atoms with van der Waals surface area (Å²) in [5.74, 6) is 0.280. The molecule has 0 radical (unpaired) electrons. The van der Waals surface area contributed by atoms with Crippen molar-refractivity contribution in [3.63, 3.8) is 0 Å². The highest BCUT2D eigenvalue weighted by atomic mass is 19.1. The van der Waals surface area contributed by atoms with Gasteiger partial charge in [-0.05, 0) is 49.0 Å². The smallest absolute Gasteiger partial charge is 0.320 e. The topological polar surface area (TPSA) is 112 Å². The molecule has 2 amide bonds. The lowest BCUT2D eigenvalue weighted by molar-refractivity contribution is 0.249. The van der Waals surface area contributed by atoms with E-state index < -0.39 is 5.95 Å². The van der Waals surface area contributed by atoms with E-state index in [2.05, 4.69) is 30.5 Å². The number of nitrogens with two attached hydrogens (primary N) is 1. The number of anilines is 2. The molecular weight excluding hydrogens is 399 g/mol. The zero-order chi connectivity index (χ0) is 22.1. The van der Waals surface area contributed by atoms with Crippen LogP contribution in [0, 0.1) is 5.95 Å². The number of halogens is 1. The van der Waals surface area contributed by atoms with Crippen molar-refractivity contribution >= 4 is 29.6 Å². The Morgan fingerprint density at radius 1 is 1.29 bits per heavy atom. The SMILES string of the molecule is CCNC(=O)Nc1cc(CN2CCN(c3ccc(N=C/C=C\N)nc3F)CC2)ccn1. The monoisotopic (exact) mass is 426 g/mol. The van der Waals surface area contributed by atoms with Gasteiger partial charge in [-0.2, -0.15) is 9.37 Å². The van der Waals surface area contributed by atoms with Crippen LogP contribution in [0.4, 0.5) is 26.5 Å². The quantitative estimate of drug-likeness (QED) is 0.463. The number of aromatic nitrogens is 2. The van der Waals surface area contributed by atoms with Crippen molar-refractivity contribution in [2.45, 2.75) is 13.5 Å². The van der Waals surface area contributed by atoms with E-state index in [4.69, 9.17) is 5.73 Å². The molecule has 0 aliphatic carbocycles. The predicted molar refractivity (Wildman–Crippen MR) is 120 cm³/mol. The Labute approximate surface area is 180 Å². The molecule has 2 aromatic heterocycles. The molecule has 1 fully saturated rings. The van der Waals surface area contributed by atoms with Crippen molar-refractivity contribution in [3.8, 4) is 0 Å². The van der Waals surface area contributed by atoms with E-state index in [-0.39, 0.29) is 6.03 Å². The van der Waals surface area contributed by atoms with E-state index in [9.17, 15) is 9.18 Å². The van der Waals surface area contributed by atoms with Crippen molar-refractivity contribution < 1.29 is 9.18 Å². The Morgan fingerprint density at radius 3 is 2.81 bits per heavy atom. The second-order valence-electron chi connectivity index (χ2n) is 6.94. The van der Waals surface area contributed by atoms with E-state index in [0.29, 0.717) is 37.0 Å². The molecule has 2 aromatic rings. The largest absolute Gasteiger partial charge is 0.405 e. The molecule has 0 bridgehead atoms. The van der Waals surface area contributed by atoms with Gasteiger partial charge in [-0.25, -0.2) is 14.8 Å². The number of carbonyl (C=O) groups excluding carboxylic acids is 1. The number of hydrogen-bond acceptors (Lipinski definition) is 7. The van der Waals surface area contributed by atoms with Gasteiger partial charge in [0, 0.05) is 51.7 Å². The Morgan fingerprint density at radius 2 is 2.10 bits per heavy atom. The first kappa shape index (κ1) is 22.2. The van der Waals surface area contributed by atoms with Crippen LogP contribution in [0.5, 0.6) is 0 Å². The molecule has 3 rings (SSSR count). The average Bonchev–Trinajstić information content (AvgIpc) is 2.75. The molecule has 164 valence electrons. The zero-order valence-corrected chi connectivity index (χ0v) is 17.5. The number of hydrogen-bond donors (Lipinski definition) is 3. The lowest BCUT2D eigenvalue weighted by Gasteiger charge is -2.36. The summed E-state index contributed by atoms with van der Waals surface area (Å²) in [5.41, 5.74) is 6.77. The first-order valence-electron chi connectivity index (χ1n) is 10.1. The third-order valence-corrected chi connectivity index (χ3v) is 4.74. The normalized spacial score (nSPS) is 15.0. The lowest BCUT2D eigenvalue weighted by atomic mass is 10.2. The maximum absolute atomic E-state index is 14.5. The number of urea groups is 1. The van der Waals surface area contributed by atoms with E-state index >= 15 is 0 Å². The number of amides is 2. The number of rotatable bonds is 7. The maximum atomic E-state index is 14.5. The van der Waals surface area contributed by atoms with Crippen molar-refractivity contribution in [3.05, 3.63) is 54.2 Å². The number of nitrogens with zero attached hydrogens (tertiary/aromatic N) is 5. The molecule has 3 heterocycles. The van der Waals surface area contributed by atoms with Gasteiger partial charge in [-0.3, -0.25) is 10.2 Å². The van der Waals surface area contributed by atoms with E-state index in [0.717, 1.165) is 25.2 Å². The van der Waals surface area contributed by atoms with Crippen molar-refractivity contribution in [2.75, 3.05) is 42.9 Å². The molecule has 0 saturated carbocycles. The summed E-state index contributed by atoms with van der Waals surface area (Å²) in [6.07, 6.45) is 6.05. The first-order valence-corrected chi connectivity index (χ1v) is 10.1. The number of piperazine rings is 1. The molecule has 1 aliphatic heterocycles. The summed E-state index contributed by atoms with van der Waals surface area (Å²) < 4.78 is 14.5. The van der Waals surface area contributed by atoms with Gasteiger partial charge in [0.15, 0.2) is 5.82 Å². The first-order chi connectivity index (χ1) is 15.1. The van der Waals surface area contributed by atoms with Gasteiger partial charge in [0.2, 0.25) is 5.95 Å². The van der Waals surface area contributed by atoms with Crippen LogP contribution < -0.4 is 21.3 Å². The van der Waals surface area contributed by atoms with Gasteiger partial charge >= 0.3 is 6.03 Å². The van der Waals surface area contributed by atoms with Crippen molar-refractivity contribution in [1.82, 2.24) is 20.2 Å². The lowest BCUT2D eigenvalue weighted by Crippen LogP contribution is -2.46. The molecule has 9 nitrogen and oxygen atoms in total. The molecule has 0 atom stereocenters. The van der Waals surface area contributed by atoms with Crippen LogP contribution in [0.15, 0.2) is 47.7 Å². The standard InChI is InChI=1S/C21H27FN8O/c1-2-24-21(31)28-19-14-16(6-9-26-19)15-29-10-12-30(13-11-29)17-4-5-18(27-20(17)22)25-8-3-7-23/h3-9,14H,2,10-13,15,23H2,1H3,(H2,24,26,28,31)/b7-3-,25-8?. The molecule has 0 aromatic carbocycles. The second kappa shape index (κ2) is 11.0. The highest BCUT2D eigenvalue weighted by molar-refractivity contribution is 5.88. The van der Waals surface area contributed by atoms with Crippen LogP contribution in [0.1, 0.15) is 12.5 Å². The molecule has 0 unspecified atom stereocenters. The van der Waals surface area contributed by atoms with E-state index in [1.54, 1.807) is 24.4 Å². The summed E-state index contributed by atoms with van der Waals surface area (Å²) in [7, 11) is 0. The molecule has 1 aliphatic rings. The van der Waals surface area contributed by atoms with Gasteiger partial charge in [-0.15, -0.1) is 0 Å². The number of aliphatic imine (C=N–C) groups is 1. The molecule has 4 N–H and O–H groups in total. The fraction of sp³-hybridized carbons (Fsp3) is 0.333. The van der Waals surface area contributed by atoms with Gasteiger partial charge < -0.3 is 16.0 Å². The molecule has 10 heteroatoms. The number of carbonyl (C=O) groups is 1. The molecular formula is C21H27FN8O. The minimum atomic E-state index is -0.532. The number of nitrogens with one attached hydrogen (secondary N) is 2. The van der Waals surface area contributed by atoms with Gasteiger partial charge in [-0.1, -0.05) is 0 Å². The fourth-order valence-electron chi connectivity index (χ4n) is 3.26. The third-order valence-electron chi connectivity index (χ3n) is 4.74.